The average Bonchev–Trinajstić information content (AvgIpc) is 3.28. The smallest absolute Gasteiger partial charge is 0.235 e. The predicted molar refractivity (Wildman–Crippen MR) is 87.4 cm³/mol. The minimum absolute atomic E-state index is 0.591. The van der Waals surface area contributed by atoms with Gasteiger partial charge in [-0.1, -0.05) is 11.3 Å². The molecule has 0 atom stereocenters. The lowest BCUT2D eigenvalue weighted by Crippen LogP contribution is -1.94. The maximum atomic E-state index is 5.31. The molecule has 0 aliphatic carbocycles. The van der Waals surface area contributed by atoms with Crippen LogP contribution in [0, 0.1) is 6.92 Å². The largest absolute Gasteiger partial charge is 0.497 e. The van der Waals surface area contributed by atoms with Gasteiger partial charge in [0.1, 0.15) is 23.5 Å². The number of rotatable bonds is 4. The summed E-state index contributed by atoms with van der Waals surface area (Å²) in [6.45, 7) is 1.79. The normalized spacial score (nSPS) is 11.1. The molecule has 122 valence electrons. The topological polar surface area (TPSA) is 87.6 Å². The zero-order chi connectivity index (χ0) is 16.7. The van der Waals surface area contributed by atoms with E-state index in [1.807, 2.05) is 12.1 Å². The lowest BCUT2D eigenvalue weighted by Gasteiger charge is -2.06. The number of hydrogen-bond acceptors (Lipinski definition) is 8. The fraction of sp³-hybridized carbons (Fsp3) is 0.200. The average molecular weight is 343 g/mol. The van der Waals surface area contributed by atoms with Crippen molar-refractivity contribution >= 4 is 16.3 Å². The highest BCUT2D eigenvalue weighted by Gasteiger charge is 2.17. The number of ether oxygens (including phenoxy) is 2. The maximum absolute atomic E-state index is 5.31. The lowest BCUT2D eigenvalue weighted by molar-refractivity contribution is 0.394. The molecule has 9 heteroatoms. The van der Waals surface area contributed by atoms with Crippen molar-refractivity contribution in [2.45, 2.75) is 6.92 Å². The van der Waals surface area contributed by atoms with Crippen molar-refractivity contribution < 1.29 is 13.9 Å². The van der Waals surface area contributed by atoms with Crippen LogP contribution in [0.3, 0.4) is 0 Å². The van der Waals surface area contributed by atoms with Crippen LogP contribution in [0.1, 0.15) is 5.89 Å². The number of aryl methyl sites for hydroxylation is 1. The molecule has 0 aliphatic heterocycles. The van der Waals surface area contributed by atoms with E-state index in [0.29, 0.717) is 38.9 Å². The van der Waals surface area contributed by atoms with E-state index >= 15 is 0 Å². The molecule has 0 spiro atoms. The van der Waals surface area contributed by atoms with Gasteiger partial charge in [-0.25, -0.2) is 4.98 Å². The van der Waals surface area contributed by atoms with Crippen LogP contribution >= 0.6 is 11.3 Å². The Labute approximate surface area is 140 Å². The summed E-state index contributed by atoms with van der Waals surface area (Å²) in [6.07, 6.45) is 1.58. The highest BCUT2D eigenvalue weighted by molar-refractivity contribution is 7.19. The second kappa shape index (κ2) is 5.60. The molecule has 0 N–H and O–H groups in total. The van der Waals surface area contributed by atoms with Gasteiger partial charge in [0.2, 0.25) is 4.96 Å². The number of benzene rings is 1. The van der Waals surface area contributed by atoms with Gasteiger partial charge in [0.25, 0.3) is 0 Å². The molecule has 0 saturated heterocycles. The second-order valence-corrected chi connectivity index (χ2v) is 5.93. The van der Waals surface area contributed by atoms with Crippen molar-refractivity contribution in [3.63, 3.8) is 0 Å². The van der Waals surface area contributed by atoms with Crippen molar-refractivity contribution in [1.29, 1.82) is 0 Å². The van der Waals surface area contributed by atoms with E-state index in [4.69, 9.17) is 13.9 Å². The molecule has 0 saturated carbocycles. The number of methoxy groups -OCH3 is 2. The van der Waals surface area contributed by atoms with E-state index < -0.39 is 0 Å². The second-order valence-electron chi connectivity index (χ2n) is 4.98. The van der Waals surface area contributed by atoms with E-state index in [9.17, 15) is 0 Å². The van der Waals surface area contributed by atoms with E-state index in [1.165, 1.54) is 11.3 Å². The maximum Gasteiger partial charge on any atom is 0.235 e. The van der Waals surface area contributed by atoms with Crippen molar-refractivity contribution in [3.05, 3.63) is 30.4 Å². The number of nitrogens with zero attached hydrogens (tertiary/aromatic N) is 5. The summed E-state index contributed by atoms with van der Waals surface area (Å²) in [5.41, 5.74) is 1.48. The molecule has 0 bridgehead atoms. The van der Waals surface area contributed by atoms with Gasteiger partial charge in [-0.3, -0.25) is 0 Å². The summed E-state index contributed by atoms with van der Waals surface area (Å²) in [4.78, 5) is 4.96. The quantitative estimate of drug-likeness (QED) is 0.563. The summed E-state index contributed by atoms with van der Waals surface area (Å²) in [6, 6.07) is 5.52. The van der Waals surface area contributed by atoms with Crippen LogP contribution in [0.25, 0.3) is 27.1 Å². The molecule has 1 aromatic carbocycles. The Kier molecular flexibility index (Phi) is 3.42. The first-order valence-corrected chi connectivity index (χ1v) is 7.88. The van der Waals surface area contributed by atoms with Gasteiger partial charge in [0.15, 0.2) is 16.7 Å². The highest BCUT2D eigenvalue weighted by Crippen LogP contribution is 2.31. The zero-order valence-electron chi connectivity index (χ0n) is 13.2. The van der Waals surface area contributed by atoms with Gasteiger partial charge in [-0.2, -0.15) is 9.61 Å². The van der Waals surface area contributed by atoms with E-state index in [-0.39, 0.29) is 0 Å². The molecule has 0 fully saturated rings. The third-order valence-electron chi connectivity index (χ3n) is 3.44. The van der Waals surface area contributed by atoms with Crippen molar-refractivity contribution in [3.8, 4) is 33.6 Å². The fourth-order valence-corrected chi connectivity index (χ4v) is 3.09. The standard InChI is InChI=1S/C15H13N5O3S/c1-8-16-12(7-23-8)14-19-20-13(17-18-15(20)24-14)9-4-10(21-2)6-11(5-9)22-3/h4-7H,1-3H3. The minimum Gasteiger partial charge on any atom is -0.497 e. The van der Waals surface area contributed by atoms with E-state index in [2.05, 4.69) is 20.3 Å². The van der Waals surface area contributed by atoms with Gasteiger partial charge in [-0.15, -0.1) is 10.2 Å². The number of hydrogen-bond donors (Lipinski definition) is 0. The lowest BCUT2D eigenvalue weighted by atomic mass is 10.2. The summed E-state index contributed by atoms with van der Waals surface area (Å²) in [5, 5.41) is 13.7. The number of oxazole rings is 1. The predicted octanol–water partition coefficient (Wildman–Crippen LogP) is 2.83. The van der Waals surface area contributed by atoms with Crippen molar-refractivity contribution in [2.24, 2.45) is 0 Å². The van der Waals surface area contributed by atoms with Crippen molar-refractivity contribution in [2.75, 3.05) is 14.2 Å². The van der Waals surface area contributed by atoms with Crippen molar-refractivity contribution in [1.82, 2.24) is 24.8 Å². The van der Waals surface area contributed by atoms with Gasteiger partial charge < -0.3 is 13.9 Å². The number of fused-ring (bicyclic) bond motifs is 1. The summed E-state index contributed by atoms with van der Waals surface area (Å²) in [7, 11) is 3.21. The Hall–Kier alpha value is -2.94. The summed E-state index contributed by atoms with van der Waals surface area (Å²) in [5.74, 6) is 2.53. The van der Waals surface area contributed by atoms with Crippen LogP contribution in [-0.2, 0) is 0 Å². The first-order chi connectivity index (χ1) is 11.7. The Bertz CT molecular complexity index is 997. The SMILES string of the molecule is COc1cc(OC)cc(-c2nnc3sc(-c4coc(C)n4)nn23)c1. The first kappa shape index (κ1) is 14.6. The number of aromatic nitrogens is 5. The molecular formula is C15H13N5O3S. The van der Waals surface area contributed by atoms with Crippen LogP contribution in [0.5, 0.6) is 11.5 Å². The molecule has 3 aromatic heterocycles. The Morgan fingerprint density at radius 2 is 1.83 bits per heavy atom. The molecule has 8 nitrogen and oxygen atoms in total. The third-order valence-corrected chi connectivity index (χ3v) is 4.36. The third kappa shape index (κ3) is 2.38. The first-order valence-electron chi connectivity index (χ1n) is 7.06. The Morgan fingerprint density at radius 3 is 2.46 bits per heavy atom. The Balaban J connectivity index is 1.84. The fourth-order valence-electron chi connectivity index (χ4n) is 2.30. The molecule has 0 aliphatic rings. The molecule has 0 amide bonds. The van der Waals surface area contributed by atoms with Gasteiger partial charge in [0, 0.05) is 18.6 Å². The van der Waals surface area contributed by atoms with Gasteiger partial charge in [-0.05, 0) is 12.1 Å². The molecule has 3 heterocycles. The van der Waals surface area contributed by atoms with Crippen LogP contribution in [0.2, 0.25) is 0 Å². The van der Waals surface area contributed by atoms with Crippen LogP contribution < -0.4 is 9.47 Å². The zero-order valence-corrected chi connectivity index (χ0v) is 14.0. The monoisotopic (exact) mass is 343 g/mol. The molecule has 4 aromatic rings. The van der Waals surface area contributed by atoms with Crippen LogP contribution in [0.15, 0.2) is 28.9 Å². The van der Waals surface area contributed by atoms with Gasteiger partial charge in [0.05, 0.1) is 14.2 Å². The Morgan fingerprint density at radius 1 is 1.08 bits per heavy atom. The van der Waals surface area contributed by atoms with Crippen LogP contribution in [-0.4, -0.2) is 39.0 Å². The molecular weight excluding hydrogens is 330 g/mol. The summed E-state index contributed by atoms with van der Waals surface area (Å²) < 4.78 is 17.5. The van der Waals surface area contributed by atoms with Crippen LogP contribution in [0.4, 0.5) is 0 Å². The molecule has 0 radical (unpaired) electrons. The molecule has 4 rings (SSSR count). The van der Waals surface area contributed by atoms with E-state index in [1.54, 1.807) is 38.0 Å². The molecule has 0 unspecified atom stereocenters. The summed E-state index contributed by atoms with van der Waals surface area (Å²) >= 11 is 1.39. The van der Waals surface area contributed by atoms with E-state index in [0.717, 1.165) is 5.56 Å². The highest BCUT2D eigenvalue weighted by atomic mass is 32.1. The van der Waals surface area contributed by atoms with Gasteiger partial charge >= 0.3 is 0 Å². The molecule has 24 heavy (non-hydrogen) atoms. The minimum atomic E-state index is 0.591.